The Labute approximate surface area is 175 Å². The van der Waals surface area contributed by atoms with Crippen LogP contribution in [-0.4, -0.2) is 37.0 Å². The molecule has 0 spiro atoms. The number of thiophene rings is 1. The van der Waals surface area contributed by atoms with E-state index in [1.54, 1.807) is 25.2 Å². The van der Waals surface area contributed by atoms with Crippen molar-refractivity contribution in [2.75, 3.05) is 13.1 Å². The highest BCUT2D eigenvalue weighted by atomic mass is 35.5. The molecule has 3 rings (SSSR count). The minimum absolute atomic E-state index is 0.0345. The molecule has 8 heteroatoms. The summed E-state index contributed by atoms with van der Waals surface area (Å²) in [6.07, 6.45) is 1.07. The second-order valence-electron chi connectivity index (χ2n) is 7.32. The highest BCUT2D eigenvalue weighted by Gasteiger charge is 2.33. The number of piperidine rings is 1. The van der Waals surface area contributed by atoms with Gasteiger partial charge in [-0.05, 0) is 66.8 Å². The lowest BCUT2D eigenvalue weighted by Crippen LogP contribution is -2.45. The highest BCUT2D eigenvalue weighted by Crippen LogP contribution is 2.28. The van der Waals surface area contributed by atoms with Crippen LogP contribution in [-0.2, 0) is 14.8 Å². The van der Waals surface area contributed by atoms with Crippen LogP contribution in [0.1, 0.15) is 43.9 Å². The lowest BCUT2D eigenvalue weighted by molar-refractivity contribution is -0.126. The van der Waals surface area contributed by atoms with Gasteiger partial charge < -0.3 is 5.32 Å². The fourth-order valence-electron chi connectivity index (χ4n) is 3.38. The van der Waals surface area contributed by atoms with E-state index in [4.69, 9.17) is 11.6 Å². The molecule has 28 heavy (non-hydrogen) atoms. The van der Waals surface area contributed by atoms with E-state index in [2.05, 4.69) is 5.32 Å². The first-order chi connectivity index (χ1) is 13.3. The van der Waals surface area contributed by atoms with Crippen molar-refractivity contribution in [1.82, 2.24) is 9.62 Å². The van der Waals surface area contributed by atoms with Crippen LogP contribution in [0.2, 0.25) is 5.02 Å². The second kappa shape index (κ2) is 8.95. The second-order valence-corrected chi connectivity index (χ2v) is 11.0. The van der Waals surface area contributed by atoms with Crippen molar-refractivity contribution < 1.29 is 13.2 Å². The van der Waals surface area contributed by atoms with Crippen LogP contribution in [0.5, 0.6) is 0 Å². The minimum Gasteiger partial charge on any atom is -0.345 e. The maximum atomic E-state index is 12.9. The van der Waals surface area contributed by atoms with E-state index >= 15 is 0 Å². The first kappa shape index (κ1) is 21.3. The summed E-state index contributed by atoms with van der Waals surface area (Å²) in [6.45, 7) is 4.16. The third-order valence-corrected chi connectivity index (χ3v) is 8.38. The molecule has 1 N–H and O–H groups in total. The Morgan fingerprint density at radius 3 is 2.32 bits per heavy atom. The van der Waals surface area contributed by atoms with Crippen molar-refractivity contribution in [1.29, 1.82) is 0 Å². The fourth-order valence-corrected chi connectivity index (χ4v) is 5.51. The predicted octanol–water partition coefficient (Wildman–Crippen LogP) is 4.06. The van der Waals surface area contributed by atoms with Crippen LogP contribution >= 0.6 is 22.9 Å². The third-order valence-electron chi connectivity index (χ3n) is 5.15. The zero-order valence-corrected chi connectivity index (χ0v) is 18.4. The van der Waals surface area contributed by atoms with Gasteiger partial charge in [-0.1, -0.05) is 23.7 Å². The van der Waals surface area contributed by atoms with Crippen LogP contribution in [0, 0.1) is 5.92 Å². The van der Waals surface area contributed by atoms with E-state index in [-0.39, 0.29) is 17.9 Å². The van der Waals surface area contributed by atoms with Gasteiger partial charge in [-0.15, -0.1) is 0 Å². The summed E-state index contributed by atoms with van der Waals surface area (Å²) < 4.78 is 26.2. The van der Waals surface area contributed by atoms with E-state index in [0.29, 0.717) is 31.0 Å². The van der Waals surface area contributed by atoms with Crippen molar-refractivity contribution in [3.05, 3.63) is 57.2 Å². The zero-order chi connectivity index (χ0) is 20.3. The minimum atomic E-state index is -3.26. The highest BCUT2D eigenvalue weighted by molar-refractivity contribution is 7.89. The van der Waals surface area contributed by atoms with Crippen LogP contribution < -0.4 is 5.32 Å². The Morgan fingerprint density at radius 1 is 1.14 bits per heavy atom. The molecule has 1 saturated heterocycles. The van der Waals surface area contributed by atoms with Crippen LogP contribution in [0.15, 0.2) is 41.1 Å². The Morgan fingerprint density at radius 2 is 1.79 bits per heavy atom. The molecule has 1 aromatic heterocycles. The summed E-state index contributed by atoms with van der Waals surface area (Å²) in [4.78, 5) is 12.9. The number of benzene rings is 1. The van der Waals surface area contributed by atoms with E-state index in [0.717, 1.165) is 11.1 Å². The molecule has 2 aromatic rings. The number of halogens is 1. The molecule has 1 amide bonds. The summed E-state index contributed by atoms with van der Waals surface area (Å²) in [5.74, 6) is -0.222. The van der Waals surface area contributed by atoms with Gasteiger partial charge in [0, 0.05) is 24.0 Å². The molecule has 1 atom stereocenters. The lowest BCUT2D eigenvalue weighted by Gasteiger charge is -2.32. The predicted molar refractivity (Wildman–Crippen MR) is 114 cm³/mol. The number of sulfonamides is 1. The smallest absolute Gasteiger partial charge is 0.223 e. The Hall–Kier alpha value is -1.41. The van der Waals surface area contributed by atoms with E-state index in [9.17, 15) is 13.2 Å². The molecular weight excluding hydrogens is 416 g/mol. The number of hydrogen-bond donors (Lipinski definition) is 1. The van der Waals surface area contributed by atoms with Crippen molar-refractivity contribution >= 4 is 38.9 Å². The van der Waals surface area contributed by atoms with E-state index in [1.807, 2.05) is 41.1 Å². The number of rotatable bonds is 6. The van der Waals surface area contributed by atoms with Crippen LogP contribution in [0.4, 0.5) is 0 Å². The molecule has 0 radical (unpaired) electrons. The summed E-state index contributed by atoms with van der Waals surface area (Å²) in [5.41, 5.74) is 2.00. The number of carbonyl (C=O) groups is 1. The van der Waals surface area contributed by atoms with Crippen molar-refractivity contribution in [2.45, 2.75) is 38.0 Å². The van der Waals surface area contributed by atoms with Crippen molar-refractivity contribution in [3.8, 4) is 0 Å². The molecule has 1 aliphatic heterocycles. The molecule has 1 aliphatic rings. The van der Waals surface area contributed by atoms with Gasteiger partial charge in [0.2, 0.25) is 15.9 Å². The summed E-state index contributed by atoms with van der Waals surface area (Å²) in [7, 11) is -3.26. The molecule has 5 nitrogen and oxygen atoms in total. The molecule has 1 aromatic carbocycles. The van der Waals surface area contributed by atoms with Crippen LogP contribution in [0.3, 0.4) is 0 Å². The van der Waals surface area contributed by atoms with Crippen LogP contribution in [0.25, 0.3) is 0 Å². The Kier molecular flexibility index (Phi) is 6.81. The number of hydrogen-bond acceptors (Lipinski definition) is 4. The van der Waals surface area contributed by atoms with Gasteiger partial charge in [0.15, 0.2) is 0 Å². The topological polar surface area (TPSA) is 66.5 Å². The molecule has 0 bridgehead atoms. The van der Waals surface area contributed by atoms with Gasteiger partial charge in [0.05, 0.1) is 11.3 Å². The van der Waals surface area contributed by atoms with Gasteiger partial charge in [0.1, 0.15) is 0 Å². The monoisotopic (exact) mass is 440 g/mol. The maximum absolute atomic E-state index is 12.9. The molecule has 0 saturated carbocycles. The first-order valence-electron chi connectivity index (χ1n) is 9.36. The first-order valence-corrected chi connectivity index (χ1v) is 12.2. The summed E-state index contributed by atoms with van der Waals surface area (Å²) in [5, 5.41) is 7.38. The Balaban J connectivity index is 1.69. The van der Waals surface area contributed by atoms with Gasteiger partial charge in [-0.25, -0.2) is 12.7 Å². The Bertz CT molecular complexity index is 888. The standard InChI is InChI=1S/C20H25ClN2O3S2/c1-14(2)28(25,26)23-10-7-16(8-11-23)20(24)22-19(17-9-12-27-13-17)15-3-5-18(21)6-4-15/h3-6,9,12-14,16,19H,7-8,10-11H2,1-2H3,(H,22,24). The zero-order valence-electron chi connectivity index (χ0n) is 16.0. The third kappa shape index (κ3) is 4.76. The van der Waals surface area contributed by atoms with Gasteiger partial charge >= 0.3 is 0 Å². The molecule has 1 fully saturated rings. The summed E-state index contributed by atoms with van der Waals surface area (Å²) in [6, 6.07) is 9.23. The van der Waals surface area contributed by atoms with E-state index in [1.165, 1.54) is 4.31 Å². The number of nitrogens with zero attached hydrogens (tertiary/aromatic N) is 1. The van der Waals surface area contributed by atoms with Crippen molar-refractivity contribution in [3.63, 3.8) is 0 Å². The SMILES string of the molecule is CC(C)S(=O)(=O)N1CCC(C(=O)NC(c2ccc(Cl)cc2)c2ccsc2)CC1. The van der Waals surface area contributed by atoms with Crippen molar-refractivity contribution in [2.24, 2.45) is 5.92 Å². The summed E-state index contributed by atoms with van der Waals surface area (Å²) >= 11 is 7.59. The molecule has 1 unspecified atom stereocenters. The maximum Gasteiger partial charge on any atom is 0.223 e. The molecule has 152 valence electrons. The van der Waals surface area contributed by atoms with E-state index < -0.39 is 15.3 Å². The number of amides is 1. The fraction of sp³-hybridized carbons (Fsp3) is 0.450. The quantitative estimate of drug-likeness (QED) is 0.736. The molecule has 0 aliphatic carbocycles. The number of nitrogens with one attached hydrogen (secondary N) is 1. The van der Waals surface area contributed by atoms with Gasteiger partial charge in [0.25, 0.3) is 0 Å². The lowest BCUT2D eigenvalue weighted by atomic mass is 9.95. The molecular formula is C20H25ClN2O3S2. The normalized spacial score (nSPS) is 17.6. The van der Waals surface area contributed by atoms with Gasteiger partial charge in [-0.3, -0.25) is 4.79 Å². The largest absolute Gasteiger partial charge is 0.345 e. The molecule has 2 heterocycles. The average molecular weight is 441 g/mol. The van der Waals surface area contributed by atoms with Gasteiger partial charge in [-0.2, -0.15) is 11.3 Å². The average Bonchev–Trinajstić information content (AvgIpc) is 3.21. The number of carbonyl (C=O) groups excluding carboxylic acids is 1.